The lowest BCUT2D eigenvalue weighted by atomic mass is 9.97. The molecule has 0 bridgehead atoms. The van der Waals surface area contributed by atoms with Gasteiger partial charge in [0.1, 0.15) is 42.7 Å². The zero-order valence-corrected chi connectivity index (χ0v) is 37.1. The Labute approximate surface area is 383 Å². The van der Waals surface area contributed by atoms with Crippen molar-refractivity contribution in [3.05, 3.63) is 215 Å². The van der Waals surface area contributed by atoms with Gasteiger partial charge < -0.3 is 47.4 Å². The van der Waals surface area contributed by atoms with Gasteiger partial charge in [-0.05, 0) is 40.3 Å². The Balaban J connectivity index is 1.09. The van der Waals surface area contributed by atoms with E-state index < -0.39 is 61.4 Å². The molecule has 2 aliphatic rings. The molecule has 10 heteroatoms. The molecule has 6 aromatic rings. The summed E-state index contributed by atoms with van der Waals surface area (Å²) >= 11 is 0. The normalized spacial score (nSPS) is 25.6. The van der Waals surface area contributed by atoms with Crippen molar-refractivity contribution in [2.75, 3.05) is 13.7 Å². The first-order valence-corrected chi connectivity index (χ1v) is 22.5. The summed E-state index contributed by atoms with van der Waals surface area (Å²) in [6.45, 7) is 3.97. The van der Waals surface area contributed by atoms with Gasteiger partial charge in [-0.2, -0.15) is 0 Å². The predicted molar refractivity (Wildman–Crippen MR) is 246 cm³/mol. The van der Waals surface area contributed by atoms with Crippen molar-refractivity contribution >= 4 is 0 Å². The second-order valence-corrected chi connectivity index (χ2v) is 16.4. The Kier molecular flexibility index (Phi) is 17.5. The SMILES string of the molecule is CO[C@@H]1O[C@H](CO[C@@H]2O[C@@H](C)[C@H](OCc3ccccc3)[C@@H](OCc3ccccc3)[C@H]2OCc2ccccc2)[C@@H](OCc2ccccc2)[C@H](OCc2ccccc2)[C@H]1OCc1ccccc1. The largest absolute Gasteiger partial charge is 0.368 e. The summed E-state index contributed by atoms with van der Waals surface area (Å²) in [4.78, 5) is 0. The quantitative estimate of drug-likeness (QED) is 0.0657. The zero-order chi connectivity index (χ0) is 44.5. The molecule has 0 aromatic heterocycles. The van der Waals surface area contributed by atoms with Crippen LogP contribution in [0.2, 0.25) is 0 Å². The smallest absolute Gasteiger partial charge is 0.186 e. The van der Waals surface area contributed by atoms with E-state index in [1.54, 1.807) is 7.11 Å². The van der Waals surface area contributed by atoms with Crippen LogP contribution in [-0.2, 0) is 87.0 Å². The summed E-state index contributed by atoms with van der Waals surface area (Å²) in [5, 5.41) is 0. The number of hydrogen-bond donors (Lipinski definition) is 0. The maximum Gasteiger partial charge on any atom is 0.186 e. The fourth-order valence-electron chi connectivity index (χ4n) is 8.26. The molecule has 10 atom stereocenters. The van der Waals surface area contributed by atoms with Crippen LogP contribution < -0.4 is 0 Å². The molecule has 0 saturated carbocycles. The predicted octanol–water partition coefficient (Wildman–Crippen LogP) is 9.63. The van der Waals surface area contributed by atoms with Gasteiger partial charge in [-0.3, -0.25) is 0 Å². The summed E-state index contributed by atoms with van der Waals surface area (Å²) in [6.07, 6.45) is -6.59. The van der Waals surface area contributed by atoms with Crippen LogP contribution in [0, 0.1) is 0 Å². The zero-order valence-electron chi connectivity index (χ0n) is 37.1. The van der Waals surface area contributed by atoms with E-state index in [4.69, 9.17) is 47.4 Å². The minimum atomic E-state index is -0.888. The maximum atomic E-state index is 6.90. The lowest BCUT2D eigenvalue weighted by molar-refractivity contribution is -0.347. The first-order chi connectivity index (χ1) is 32.1. The highest BCUT2D eigenvalue weighted by atomic mass is 16.7. The summed E-state index contributed by atoms with van der Waals surface area (Å²) in [6, 6.07) is 60.4. The fraction of sp³-hybridized carbons (Fsp3) is 0.345. The molecule has 2 saturated heterocycles. The summed E-state index contributed by atoms with van der Waals surface area (Å²) in [7, 11) is 1.62. The maximum absolute atomic E-state index is 6.90. The molecule has 340 valence electrons. The Morgan fingerprint density at radius 2 is 0.615 bits per heavy atom. The van der Waals surface area contributed by atoms with Crippen LogP contribution in [-0.4, -0.2) is 75.1 Å². The Bertz CT molecular complexity index is 2200. The van der Waals surface area contributed by atoms with Crippen molar-refractivity contribution < 1.29 is 47.4 Å². The standard InChI is InChI=1S/C55H60O10/c1-40-48(57-33-41-21-9-3-10-22-41)50(59-35-43-25-13-5-14-26-43)53(62-38-46-31-19-8-20-32-46)55(64-40)63-39-47-49(58-34-42-23-11-4-12-24-42)51(60-36-44-27-15-6-16-28-44)52(54(56-2)65-47)61-37-45-29-17-7-18-30-45/h3-32,40,47-55H,33-39H2,1-2H3/t40-,47+,48-,49+,50+,51-,52+,53+,54+,55+/m0/s1. The minimum absolute atomic E-state index is 0.0411. The third-order valence-electron chi connectivity index (χ3n) is 11.7. The molecule has 0 spiro atoms. The number of benzene rings is 6. The van der Waals surface area contributed by atoms with Crippen molar-refractivity contribution in [1.82, 2.24) is 0 Å². The van der Waals surface area contributed by atoms with Crippen LogP contribution >= 0.6 is 0 Å². The van der Waals surface area contributed by atoms with Crippen LogP contribution in [0.5, 0.6) is 0 Å². The molecule has 0 amide bonds. The van der Waals surface area contributed by atoms with Crippen molar-refractivity contribution in [2.45, 2.75) is 108 Å². The molecule has 0 unspecified atom stereocenters. The lowest BCUT2D eigenvalue weighted by Crippen LogP contribution is -2.63. The molecular formula is C55H60O10. The van der Waals surface area contributed by atoms with Gasteiger partial charge in [0.15, 0.2) is 12.6 Å². The first-order valence-electron chi connectivity index (χ1n) is 22.5. The molecule has 6 aromatic carbocycles. The van der Waals surface area contributed by atoms with Crippen molar-refractivity contribution in [3.63, 3.8) is 0 Å². The van der Waals surface area contributed by atoms with E-state index in [1.165, 1.54) is 0 Å². The Morgan fingerprint density at radius 1 is 0.323 bits per heavy atom. The first kappa shape index (κ1) is 46.4. The van der Waals surface area contributed by atoms with E-state index >= 15 is 0 Å². The van der Waals surface area contributed by atoms with E-state index in [0.717, 1.165) is 33.4 Å². The molecule has 0 aliphatic carbocycles. The summed E-state index contributed by atoms with van der Waals surface area (Å²) in [5.41, 5.74) is 6.09. The number of ether oxygens (including phenoxy) is 10. The van der Waals surface area contributed by atoms with Crippen LogP contribution in [0.25, 0.3) is 0 Å². The molecule has 2 fully saturated rings. The Morgan fingerprint density at radius 3 is 0.969 bits per heavy atom. The van der Waals surface area contributed by atoms with Crippen LogP contribution in [0.1, 0.15) is 40.3 Å². The van der Waals surface area contributed by atoms with E-state index in [-0.39, 0.29) is 6.61 Å². The van der Waals surface area contributed by atoms with Crippen molar-refractivity contribution in [2.24, 2.45) is 0 Å². The highest BCUT2D eigenvalue weighted by Crippen LogP contribution is 2.34. The average molecular weight is 881 g/mol. The third kappa shape index (κ3) is 13.3. The van der Waals surface area contributed by atoms with Gasteiger partial charge in [0.05, 0.1) is 52.4 Å². The number of methoxy groups -OCH3 is 1. The summed E-state index contributed by atoms with van der Waals surface area (Å²) in [5.74, 6) is 0. The van der Waals surface area contributed by atoms with Gasteiger partial charge in [-0.25, -0.2) is 0 Å². The topological polar surface area (TPSA) is 92.3 Å². The third-order valence-corrected chi connectivity index (χ3v) is 11.7. The number of rotatable bonds is 22. The van der Waals surface area contributed by atoms with Crippen molar-refractivity contribution in [3.8, 4) is 0 Å². The van der Waals surface area contributed by atoms with Crippen LogP contribution in [0.4, 0.5) is 0 Å². The van der Waals surface area contributed by atoms with Crippen LogP contribution in [0.3, 0.4) is 0 Å². The summed E-state index contributed by atoms with van der Waals surface area (Å²) < 4.78 is 67.4. The van der Waals surface area contributed by atoms with E-state index in [0.29, 0.717) is 39.6 Å². The monoisotopic (exact) mass is 880 g/mol. The molecule has 65 heavy (non-hydrogen) atoms. The molecule has 10 nitrogen and oxygen atoms in total. The molecule has 2 aliphatic heterocycles. The molecule has 2 heterocycles. The fourth-order valence-corrected chi connectivity index (χ4v) is 8.26. The van der Waals surface area contributed by atoms with E-state index in [2.05, 4.69) is 0 Å². The van der Waals surface area contributed by atoms with E-state index in [1.807, 2.05) is 189 Å². The molecular weight excluding hydrogens is 821 g/mol. The van der Waals surface area contributed by atoms with Crippen LogP contribution in [0.15, 0.2) is 182 Å². The highest BCUT2D eigenvalue weighted by Gasteiger charge is 2.51. The van der Waals surface area contributed by atoms with Gasteiger partial charge >= 0.3 is 0 Å². The average Bonchev–Trinajstić information content (AvgIpc) is 3.36. The lowest BCUT2D eigenvalue weighted by Gasteiger charge is -2.47. The Hall–Kier alpha value is -5.08. The molecule has 8 rings (SSSR count). The van der Waals surface area contributed by atoms with Gasteiger partial charge in [0, 0.05) is 7.11 Å². The van der Waals surface area contributed by atoms with Crippen molar-refractivity contribution in [1.29, 1.82) is 0 Å². The number of hydrogen-bond acceptors (Lipinski definition) is 10. The molecule has 0 radical (unpaired) electrons. The van der Waals surface area contributed by atoms with Gasteiger partial charge in [-0.15, -0.1) is 0 Å². The van der Waals surface area contributed by atoms with Gasteiger partial charge in [-0.1, -0.05) is 182 Å². The van der Waals surface area contributed by atoms with E-state index in [9.17, 15) is 0 Å². The van der Waals surface area contributed by atoms with Gasteiger partial charge in [0.25, 0.3) is 0 Å². The second-order valence-electron chi connectivity index (χ2n) is 16.4. The second kappa shape index (κ2) is 24.4. The van der Waals surface area contributed by atoms with Gasteiger partial charge in [0.2, 0.25) is 0 Å². The molecule has 0 N–H and O–H groups in total. The highest BCUT2D eigenvalue weighted by molar-refractivity contribution is 5.18. The minimum Gasteiger partial charge on any atom is -0.368 e.